The largest absolute Gasteiger partial charge is 0.492 e. The summed E-state index contributed by atoms with van der Waals surface area (Å²) in [6, 6.07) is 21.5. The zero-order chi connectivity index (χ0) is 22.4. The molecule has 2 heterocycles. The van der Waals surface area contributed by atoms with Gasteiger partial charge in [-0.25, -0.2) is 0 Å². The van der Waals surface area contributed by atoms with E-state index >= 15 is 0 Å². The highest BCUT2D eigenvalue weighted by atomic mass is 79.9. The lowest BCUT2D eigenvalue weighted by Crippen LogP contribution is -2.07. The number of hydrogen-bond acceptors (Lipinski definition) is 1. The van der Waals surface area contributed by atoms with Gasteiger partial charge in [0.1, 0.15) is 5.75 Å². The normalized spacial score (nSPS) is 11.7. The van der Waals surface area contributed by atoms with Crippen LogP contribution in [0.3, 0.4) is 0 Å². The van der Waals surface area contributed by atoms with Crippen LogP contribution in [-0.2, 0) is 14.1 Å². The van der Waals surface area contributed by atoms with Gasteiger partial charge in [0.05, 0.1) is 11.1 Å². The summed E-state index contributed by atoms with van der Waals surface area (Å²) in [5, 5.41) is 2.51. The van der Waals surface area contributed by atoms with Gasteiger partial charge < -0.3 is 13.9 Å². The topological polar surface area (TPSA) is 19.1 Å². The first kappa shape index (κ1) is 21.4. The zero-order valence-corrected chi connectivity index (χ0v) is 21.4. The molecule has 5 heteroatoms. The molecule has 0 aliphatic carbocycles. The van der Waals surface area contributed by atoms with E-state index in [1.165, 1.54) is 32.9 Å². The summed E-state index contributed by atoms with van der Waals surface area (Å²) in [7, 11) is 4.23. The van der Waals surface area contributed by atoms with Gasteiger partial charge in [-0.2, -0.15) is 0 Å². The summed E-state index contributed by atoms with van der Waals surface area (Å²) in [4.78, 5) is 0. The van der Waals surface area contributed by atoms with Crippen molar-refractivity contribution in [1.29, 1.82) is 0 Å². The molecule has 0 aliphatic heterocycles. The van der Waals surface area contributed by atoms with Crippen LogP contribution >= 0.6 is 31.9 Å². The van der Waals surface area contributed by atoms with Crippen LogP contribution in [0.5, 0.6) is 5.75 Å². The Hall–Kier alpha value is -2.50. The van der Waals surface area contributed by atoms with Gasteiger partial charge in [-0.15, -0.1) is 0 Å². The van der Waals surface area contributed by atoms with Gasteiger partial charge in [-0.3, -0.25) is 0 Å². The fourth-order valence-corrected chi connectivity index (χ4v) is 6.17. The maximum Gasteiger partial charge on any atom is 0.137 e. The molecule has 32 heavy (non-hydrogen) atoms. The van der Waals surface area contributed by atoms with Gasteiger partial charge in [0, 0.05) is 64.2 Å². The molecule has 0 N–H and O–H groups in total. The van der Waals surface area contributed by atoms with E-state index in [0.29, 0.717) is 6.61 Å². The van der Waals surface area contributed by atoms with E-state index in [9.17, 15) is 0 Å². The van der Waals surface area contributed by atoms with Crippen LogP contribution in [0.15, 0.2) is 82.0 Å². The van der Waals surface area contributed by atoms with E-state index in [1.54, 1.807) is 0 Å². The first-order valence-electron chi connectivity index (χ1n) is 10.7. The van der Waals surface area contributed by atoms with Crippen molar-refractivity contribution >= 4 is 53.7 Å². The SMILES string of the molecule is CCOc1c(Br)cc(Br)cc1C(c1cn(C)c2ccccc12)c1cn(C)c2ccccc12. The Morgan fingerprint density at radius 1 is 0.781 bits per heavy atom. The molecule has 162 valence electrons. The lowest BCUT2D eigenvalue weighted by molar-refractivity contribution is 0.334. The number of nitrogens with zero attached hydrogens (tertiary/aromatic N) is 2. The van der Waals surface area contributed by atoms with Crippen molar-refractivity contribution < 1.29 is 4.74 Å². The van der Waals surface area contributed by atoms with Crippen LogP contribution in [0.25, 0.3) is 21.8 Å². The molecule has 0 amide bonds. The zero-order valence-electron chi connectivity index (χ0n) is 18.3. The van der Waals surface area contributed by atoms with E-state index in [0.717, 1.165) is 20.3 Å². The van der Waals surface area contributed by atoms with Crippen LogP contribution in [0.4, 0.5) is 0 Å². The lowest BCUT2D eigenvalue weighted by atomic mass is 9.84. The fourth-order valence-electron chi connectivity index (χ4n) is 4.80. The summed E-state index contributed by atoms with van der Waals surface area (Å²) < 4.78 is 12.6. The molecule has 0 spiro atoms. The van der Waals surface area contributed by atoms with Gasteiger partial charge in [0.2, 0.25) is 0 Å². The standard InChI is InChI=1S/C27H24Br2N2O/c1-4-32-27-20(13-17(28)14-23(27)29)26(21-15-30(2)24-11-7-5-9-18(21)24)22-16-31(3)25-12-8-6-10-19(22)25/h5-16,26H,4H2,1-3H3. The molecule has 0 fully saturated rings. The minimum absolute atomic E-state index is 0.00236. The fraction of sp³-hybridized carbons (Fsp3) is 0.185. The molecule has 0 unspecified atom stereocenters. The molecular weight excluding hydrogens is 528 g/mol. The third-order valence-corrected chi connectivity index (χ3v) is 7.16. The molecule has 5 aromatic rings. The number of ether oxygens (including phenoxy) is 1. The number of para-hydroxylation sites is 2. The Kier molecular flexibility index (Phi) is 5.64. The molecule has 0 aliphatic rings. The molecule has 2 aromatic heterocycles. The number of fused-ring (bicyclic) bond motifs is 2. The van der Waals surface area contributed by atoms with Crippen molar-refractivity contribution in [3.8, 4) is 5.75 Å². The predicted octanol–water partition coefficient (Wildman–Crippen LogP) is 7.77. The molecule has 0 bridgehead atoms. The van der Waals surface area contributed by atoms with Crippen molar-refractivity contribution in [2.45, 2.75) is 12.8 Å². The monoisotopic (exact) mass is 550 g/mol. The van der Waals surface area contributed by atoms with Crippen molar-refractivity contribution in [2.75, 3.05) is 6.61 Å². The van der Waals surface area contributed by atoms with Crippen LogP contribution < -0.4 is 4.74 Å². The highest BCUT2D eigenvalue weighted by Crippen LogP contribution is 2.46. The van der Waals surface area contributed by atoms with Crippen molar-refractivity contribution in [3.05, 3.63) is 98.7 Å². The first-order chi connectivity index (χ1) is 15.5. The summed E-state index contributed by atoms with van der Waals surface area (Å²) >= 11 is 7.48. The summed E-state index contributed by atoms with van der Waals surface area (Å²) in [6.07, 6.45) is 4.53. The highest BCUT2D eigenvalue weighted by molar-refractivity contribution is 9.11. The van der Waals surface area contributed by atoms with E-state index in [1.807, 2.05) is 6.92 Å². The highest BCUT2D eigenvalue weighted by Gasteiger charge is 2.28. The molecule has 3 nitrogen and oxygen atoms in total. The van der Waals surface area contributed by atoms with Crippen LogP contribution in [0.2, 0.25) is 0 Å². The third kappa shape index (κ3) is 3.48. The average Bonchev–Trinajstić information content (AvgIpc) is 3.29. The smallest absolute Gasteiger partial charge is 0.137 e. The molecule has 3 aromatic carbocycles. The predicted molar refractivity (Wildman–Crippen MR) is 140 cm³/mol. The second-order valence-corrected chi connectivity index (χ2v) is 9.87. The number of benzene rings is 3. The number of halogens is 2. The van der Waals surface area contributed by atoms with Crippen LogP contribution in [0.1, 0.15) is 29.5 Å². The van der Waals surface area contributed by atoms with Gasteiger partial charge >= 0.3 is 0 Å². The minimum atomic E-state index is 0.00236. The second kappa shape index (κ2) is 8.45. The van der Waals surface area contributed by atoms with Crippen molar-refractivity contribution in [3.63, 3.8) is 0 Å². The number of hydrogen-bond donors (Lipinski definition) is 0. The Labute approximate surface area is 204 Å². The molecule has 0 atom stereocenters. The lowest BCUT2D eigenvalue weighted by Gasteiger charge is -2.22. The molecule has 0 saturated heterocycles. The minimum Gasteiger partial charge on any atom is -0.492 e. The van der Waals surface area contributed by atoms with Crippen LogP contribution in [0, 0.1) is 0 Å². The number of aryl methyl sites for hydroxylation is 2. The third-order valence-electron chi connectivity index (χ3n) is 6.11. The quantitative estimate of drug-likeness (QED) is 0.218. The summed E-state index contributed by atoms with van der Waals surface area (Å²) in [6.45, 7) is 2.63. The maximum absolute atomic E-state index is 6.20. The number of aromatic nitrogens is 2. The van der Waals surface area contributed by atoms with Crippen molar-refractivity contribution in [1.82, 2.24) is 9.13 Å². The Bertz CT molecular complexity index is 1370. The Morgan fingerprint density at radius 3 is 1.84 bits per heavy atom. The van der Waals surface area contributed by atoms with E-state index < -0.39 is 0 Å². The Balaban J connectivity index is 1.90. The van der Waals surface area contributed by atoms with E-state index in [4.69, 9.17) is 4.74 Å². The number of rotatable bonds is 5. The van der Waals surface area contributed by atoms with Gasteiger partial charge in [-0.1, -0.05) is 52.3 Å². The van der Waals surface area contributed by atoms with Crippen molar-refractivity contribution in [2.24, 2.45) is 14.1 Å². The average molecular weight is 552 g/mol. The molecule has 0 radical (unpaired) electrons. The maximum atomic E-state index is 6.20. The molecule has 5 rings (SSSR count). The van der Waals surface area contributed by atoms with E-state index in [-0.39, 0.29) is 5.92 Å². The van der Waals surface area contributed by atoms with Crippen LogP contribution in [-0.4, -0.2) is 15.7 Å². The van der Waals surface area contributed by atoms with E-state index in [2.05, 4.69) is 128 Å². The first-order valence-corrected chi connectivity index (χ1v) is 12.3. The van der Waals surface area contributed by atoms with Gasteiger partial charge in [0.25, 0.3) is 0 Å². The summed E-state index contributed by atoms with van der Waals surface area (Å²) in [5.41, 5.74) is 6.12. The second-order valence-electron chi connectivity index (χ2n) is 8.10. The van der Waals surface area contributed by atoms with Gasteiger partial charge in [-0.05, 0) is 58.2 Å². The molecular formula is C27H24Br2N2O. The van der Waals surface area contributed by atoms with Gasteiger partial charge in [0.15, 0.2) is 0 Å². The summed E-state index contributed by atoms with van der Waals surface area (Å²) in [5.74, 6) is 0.893. The Morgan fingerprint density at radius 2 is 1.31 bits per heavy atom. The molecule has 0 saturated carbocycles.